The predicted molar refractivity (Wildman–Crippen MR) is 95.1 cm³/mol. The van der Waals surface area contributed by atoms with Gasteiger partial charge >= 0.3 is 0 Å². The molecule has 0 unspecified atom stereocenters. The fourth-order valence-electron chi connectivity index (χ4n) is 3.34. The molecule has 0 amide bonds. The van der Waals surface area contributed by atoms with Crippen LogP contribution in [-0.4, -0.2) is 32.9 Å². The number of hydrogen-bond acceptors (Lipinski definition) is 4. The topological polar surface area (TPSA) is 69.4 Å². The maximum Gasteiger partial charge on any atom is 0.183 e. The van der Waals surface area contributed by atoms with Gasteiger partial charge in [-0.1, -0.05) is 41.4 Å². The van der Waals surface area contributed by atoms with Gasteiger partial charge in [0.05, 0.1) is 22.3 Å². The van der Waals surface area contributed by atoms with Crippen LogP contribution in [0.1, 0.15) is 17.0 Å². The zero-order valence-corrected chi connectivity index (χ0v) is 15.1. The van der Waals surface area contributed by atoms with E-state index in [0.717, 1.165) is 11.1 Å². The van der Waals surface area contributed by atoms with Crippen LogP contribution in [0.2, 0.25) is 5.02 Å². The largest absolute Gasteiger partial charge is 0.383 e. The average Bonchev–Trinajstić information content (AvgIpc) is 3.15. The summed E-state index contributed by atoms with van der Waals surface area (Å²) in [5, 5.41) is -0.218. The van der Waals surface area contributed by atoms with Crippen LogP contribution in [0.4, 0.5) is 0 Å². The van der Waals surface area contributed by atoms with Crippen molar-refractivity contribution >= 4 is 21.4 Å². The lowest BCUT2D eigenvalue weighted by atomic mass is 10.1. The summed E-state index contributed by atoms with van der Waals surface area (Å²) < 4.78 is 31.4. The van der Waals surface area contributed by atoms with E-state index in [1.807, 2.05) is 31.2 Å². The Morgan fingerprint density at radius 1 is 1.12 bits per heavy atom. The fraction of sp³-hybridized carbons (Fsp3) is 0.333. The van der Waals surface area contributed by atoms with Crippen LogP contribution in [0, 0.1) is 6.92 Å². The highest BCUT2D eigenvalue weighted by molar-refractivity contribution is 7.92. The molecule has 3 atom stereocenters. The number of aryl methyl sites for hydroxylation is 1. The van der Waals surface area contributed by atoms with Crippen LogP contribution in [0.25, 0.3) is 0 Å². The molecule has 2 aromatic rings. The van der Waals surface area contributed by atoms with E-state index in [9.17, 15) is 8.42 Å². The van der Waals surface area contributed by atoms with Crippen molar-refractivity contribution < 1.29 is 13.2 Å². The molecule has 0 heterocycles. The molecule has 1 aliphatic rings. The van der Waals surface area contributed by atoms with Gasteiger partial charge in [-0.25, -0.2) is 8.42 Å². The van der Waals surface area contributed by atoms with Gasteiger partial charge in [0.25, 0.3) is 0 Å². The highest BCUT2D eigenvalue weighted by atomic mass is 35.5. The van der Waals surface area contributed by atoms with Gasteiger partial charge in [0.15, 0.2) is 9.84 Å². The minimum Gasteiger partial charge on any atom is -0.383 e. The average molecular weight is 366 g/mol. The number of nitrogens with two attached hydrogens (primary N) is 1. The number of benzene rings is 2. The van der Waals surface area contributed by atoms with Crippen molar-refractivity contribution in [2.75, 3.05) is 13.7 Å². The number of methoxy groups -OCH3 is 1. The Morgan fingerprint density at radius 2 is 1.71 bits per heavy atom. The van der Waals surface area contributed by atoms with E-state index in [4.69, 9.17) is 22.1 Å². The molecule has 2 aromatic carbocycles. The smallest absolute Gasteiger partial charge is 0.183 e. The molecule has 0 bridgehead atoms. The molecule has 1 fully saturated rings. The Kier molecular flexibility index (Phi) is 4.47. The molecule has 0 radical (unpaired) electrons. The van der Waals surface area contributed by atoms with Crippen molar-refractivity contribution in [2.45, 2.75) is 28.5 Å². The Morgan fingerprint density at radius 3 is 2.25 bits per heavy atom. The van der Waals surface area contributed by atoms with Gasteiger partial charge < -0.3 is 10.5 Å². The lowest BCUT2D eigenvalue weighted by Gasteiger charge is -2.11. The van der Waals surface area contributed by atoms with Gasteiger partial charge in [0.1, 0.15) is 0 Å². The molecule has 2 N–H and O–H groups in total. The summed E-state index contributed by atoms with van der Waals surface area (Å²) >= 11 is 5.86. The first-order chi connectivity index (χ1) is 11.3. The Balaban J connectivity index is 2.01. The third kappa shape index (κ3) is 2.86. The predicted octanol–water partition coefficient (Wildman–Crippen LogP) is 2.93. The highest BCUT2D eigenvalue weighted by Gasteiger charge is 2.69. The first-order valence-corrected chi connectivity index (χ1v) is 9.57. The van der Waals surface area contributed by atoms with Gasteiger partial charge in [-0.2, -0.15) is 0 Å². The molecule has 128 valence electrons. The summed E-state index contributed by atoms with van der Waals surface area (Å²) in [5.41, 5.74) is 7.55. The zero-order chi connectivity index (χ0) is 17.5. The van der Waals surface area contributed by atoms with Gasteiger partial charge in [0, 0.05) is 18.1 Å². The molecular formula is C18H20ClNO3S. The molecule has 0 saturated heterocycles. The number of hydrogen-bond donors (Lipinski definition) is 1. The number of ether oxygens (including phenoxy) is 1. The van der Waals surface area contributed by atoms with Crippen LogP contribution >= 0.6 is 11.6 Å². The first-order valence-electron chi connectivity index (χ1n) is 7.64. The lowest BCUT2D eigenvalue weighted by molar-refractivity contribution is 0.171. The molecule has 0 aromatic heterocycles. The van der Waals surface area contributed by atoms with E-state index in [-0.39, 0.29) is 17.4 Å². The van der Waals surface area contributed by atoms with E-state index in [2.05, 4.69) is 0 Å². The maximum absolute atomic E-state index is 13.1. The van der Waals surface area contributed by atoms with Crippen molar-refractivity contribution in [1.82, 2.24) is 0 Å². The van der Waals surface area contributed by atoms with Gasteiger partial charge in [-0.15, -0.1) is 0 Å². The maximum atomic E-state index is 13.1. The Labute approximate surface area is 147 Å². The summed E-state index contributed by atoms with van der Waals surface area (Å²) in [4.78, 5) is 0.234. The van der Waals surface area contributed by atoms with E-state index in [1.165, 1.54) is 19.2 Å². The summed E-state index contributed by atoms with van der Waals surface area (Å²) in [6.07, 6.45) is 0. The second kappa shape index (κ2) is 6.15. The summed E-state index contributed by atoms with van der Waals surface area (Å²) in [7, 11) is -2.05. The Bertz CT molecular complexity index is 834. The zero-order valence-electron chi connectivity index (χ0n) is 13.6. The quantitative estimate of drug-likeness (QED) is 0.884. The minimum absolute atomic E-state index is 0.184. The van der Waals surface area contributed by atoms with Crippen molar-refractivity contribution in [1.29, 1.82) is 0 Å². The van der Waals surface area contributed by atoms with E-state index in [1.54, 1.807) is 12.1 Å². The molecule has 1 aliphatic carbocycles. The van der Waals surface area contributed by atoms with E-state index in [0.29, 0.717) is 5.02 Å². The second-order valence-corrected chi connectivity index (χ2v) is 8.86. The summed E-state index contributed by atoms with van der Waals surface area (Å²) in [6.45, 7) is 2.17. The molecule has 6 heteroatoms. The monoisotopic (exact) mass is 365 g/mol. The lowest BCUT2D eigenvalue weighted by Crippen LogP contribution is -2.35. The molecule has 0 spiro atoms. The van der Waals surface area contributed by atoms with Crippen LogP contribution in [0.5, 0.6) is 0 Å². The molecule has 3 rings (SSSR count). The molecule has 4 nitrogen and oxygen atoms in total. The normalized spacial score (nSPS) is 26.3. The fourth-order valence-corrected chi connectivity index (χ4v) is 5.76. The third-order valence-corrected chi connectivity index (χ3v) is 7.17. The standard InChI is InChI=1S/C18H20ClNO3S/c1-12-3-5-13(6-4-12)16-17(18(16,20)11-23-2)24(21,22)15-9-7-14(19)8-10-15/h3-10,16-17H,11,20H2,1-2H3/t16-,17-,18+/m1/s1. The van der Waals surface area contributed by atoms with Crippen LogP contribution in [0.15, 0.2) is 53.4 Å². The summed E-state index contributed by atoms with van der Waals surface area (Å²) in [6, 6.07) is 14.0. The molecular weight excluding hydrogens is 346 g/mol. The van der Waals surface area contributed by atoms with Crippen molar-refractivity contribution in [3.05, 3.63) is 64.7 Å². The molecule has 1 saturated carbocycles. The van der Waals surface area contributed by atoms with Crippen molar-refractivity contribution in [3.63, 3.8) is 0 Å². The Hall–Kier alpha value is -1.40. The number of halogens is 1. The van der Waals surface area contributed by atoms with Gasteiger partial charge in [-0.3, -0.25) is 0 Å². The van der Waals surface area contributed by atoms with Crippen molar-refractivity contribution in [3.8, 4) is 0 Å². The van der Waals surface area contributed by atoms with Gasteiger partial charge in [0.2, 0.25) is 0 Å². The summed E-state index contributed by atoms with van der Waals surface area (Å²) in [5.74, 6) is -0.293. The molecule has 24 heavy (non-hydrogen) atoms. The van der Waals surface area contributed by atoms with Gasteiger partial charge in [-0.05, 0) is 36.8 Å². The molecule has 0 aliphatic heterocycles. The minimum atomic E-state index is -3.58. The van der Waals surface area contributed by atoms with Crippen molar-refractivity contribution in [2.24, 2.45) is 5.73 Å². The van der Waals surface area contributed by atoms with Crippen LogP contribution in [-0.2, 0) is 14.6 Å². The first kappa shape index (κ1) is 17.4. The number of sulfone groups is 1. The van der Waals surface area contributed by atoms with Crippen LogP contribution in [0.3, 0.4) is 0 Å². The van der Waals surface area contributed by atoms with Crippen LogP contribution < -0.4 is 5.73 Å². The number of rotatable bonds is 5. The van der Waals surface area contributed by atoms with E-state index < -0.39 is 20.6 Å². The highest BCUT2D eigenvalue weighted by Crippen LogP contribution is 2.55. The second-order valence-electron chi connectivity index (χ2n) is 6.35. The van der Waals surface area contributed by atoms with E-state index >= 15 is 0 Å². The third-order valence-electron chi connectivity index (χ3n) is 4.61. The SMILES string of the molecule is COC[C@]1(N)[C@H](c2ccc(C)cc2)[C@H]1S(=O)(=O)c1ccc(Cl)cc1.